The van der Waals surface area contributed by atoms with Gasteiger partial charge in [-0.2, -0.15) is 26.3 Å². The summed E-state index contributed by atoms with van der Waals surface area (Å²) in [5.74, 6) is 0. The van der Waals surface area contributed by atoms with Crippen LogP contribution in [0.5, 0.6) is 0 Å². The fourth-order valence-corrected chi connectivity index (χ4v) is 2.45. The van der Waals surface area contributed by atoms with Crippen LogP contribution in [0, 0.1) is 0 Å². The lowest BCUT2D eigenvalue weighted by Crippen LogP contribution is -2.29. The summed E-state index contributed by atoms with van der Waals surface area (Å²) in [7, 11) is 1.67. The van der Waals surface area contributed by atoms with Gasteiger partial charge in [0.05, 0.1) is 16.5 Å². The average molecular weight is 345 g/mol. The molecule has 0 saturated carbocycles. The fraction of sp³-hybridized carbons (Fsp3) is 0.571. The number of alkyl halides is 6. The van der Waals surface area contributed by atoms with Crippen molar-refractivity contribution in [2.24, 2.45) is 0 Å². The molecule has 0 fully saturated rings. The Labute approximate surface area is 129 Å². The molecule has 1 rings (SSSR count). The average Bonchev–Trinajstić information content (AvgIpc) is 2.42. The van der Waals surface area contributed by atoms with Gasteiger partial charge in [0.25, 0.3) is 0 Å². The molecule has 1 unspecified atom stereocenters. The number of hydrogen-bond acceptors (Lipinski definition) is 2. The molecule has 0 aliphatic heterocycles. The predicted molar refractivity (Wildman–Crippen MR) is 75.6 cm³/mol. The Morgan fingerprint density at radius 1 is 0.909 bits per heavy atom. The second-order valence-electron chi connectivity index (χ2n) is 5.02. The molecule has 8 heteroatoms. The van der Waals surface area contributed by atoms with E-state index in [4.69, 9.17) is 0 Å². The van der Waals surface area contributed by atoms with E-state index in [1.807, 2.05) is 13.2 Å². The third-order valence-corrected chi connectivity index (χ3v) is 4.63. The smallest absolute Gasteiger partial charge is 0.288 e. The zero-order valence-corrected chi connectivity index (χ0v) is 13.3. The molecule has 0 saturated heterocycles. The van der Waals surface area contributed by atoms with Gasteiger partial charge in [-0.15, -0.1) is 11.8 Å². The summed E-state index contributed by atoms with van der Waals surface area (Å²) >= 11 is 1.46. The van der Waals surface area contributed by atoms with E-state index in [1.54, 1.807) is 18.9 Å². The van der Waals surface area contributed by atoms with Crippen LogP contribution in [-0.4, -0.2) is 23.6 Å². The minimum absolute atomic E-state index is 0.00875. The fourth-order valence-electron chi connectivity index (χ4n) is 1.94. The molecule has 0 amide bonds. The van der Waals surface area contributed by atoms with Crippen LogP contribution in [0.3, 0.4) is 0 Å². The van der Waals surface area contributed by atoms with Crippen LogP contribution in [0.4, 0.5) is 26.3 Å². The number of thioether (sulfide) groups is 1. The molecule has 0 N–H and O–H groups in total. The SMILES string of the molecule is CSC(C)N(C)[C@@H](C)c1cc(C(F)(F)F)cc(C(F)(F)F)c1. The van der Waals surface area contributed by atoms with E-state index >= 15 is 0 Å². The molecule has 0 spiro atoms. The number of benzene rings is 1. The molecule has 0 aliphatic rings. The van der Waals surface area contributed by atoms with Crippen LogP contribution >= 0.6 is 11.8 Å². The highest BCUT2D eigenvalue weighted by atomic mass is 32.2. The van der Waals surface area contributed by atoms with Crippen molar-refractivity contribution in [3.63, 3.8) is 0 Å². The van der Waals surface area contributed by atoms with Crippen LogP contribution in [-0.2, 0) is 12.4 Å². The zero-order valence-electron chi connectivity index (χ0n) is 12.5. The predicted octanol–water partition coefficient (Wildman–Crippen LogP) is 5.43. The molecule has 0 heterocycles. The monoisotopic (exact) mass is 345 g/mol. The van der Waals surface area contributed by atoms with Gasteiger partial charge in [0.1, 0.15) is 0 Å². The Bertz CT molecular complexity index is 479. The van der Waals surface area contributed by atoms with Gasteiger partial charge in [-0.05, 0) is 50.9 Å². The molecular formula is C14H17F6NS. The summed E-state index contributed by atoms with van der Waals surface area (Å²) in [6.45, 7) is 3.42. The number of nitrogens with zero attached hydrogens (tertiary/aromatic N) is 1. The number of hydrogen-bond donors (Lipinski definition) is 0. The number of rotatable bonds is 4. The summed E-state index contributed by atoms with van der Waals surface area (Å²) in [6.07, 6.45) is -7.82. The van der Waals surface area contributed by atoms with Gasteiger partial charge < -0.3 is 0 Å². The van der Waals surface area contributed by atoms with Crippen LogP contribution in [0.25, 0.3) is 0 Å². The molecule has 0 aliphatic carbocycles. The maximum absolute atomic E-state index is 12.8. The number of halogens is 6. The molecule has 0 radical (unpaired) electrons. The van der Waals surface area contributed by atoms with Crippen molar-refractivity contribution in [1.29, 1.82) is 0 Å². The van der Waals surface area contributed by atoms with Gasteiger partial charge in [-0.3, -0.25) is 4.90 Å². The van der Waals surface area contributed by atoms with Crippen molar-refractivity contribution in [3.8, 4) is 0 Å². The first-order chi connectivity index (χ1) is 9.87. The van der Waals surface area contributed by atoms with Crippen molar-refractivity contribution in [2.45, 2.75) is 37.6 Å². The topological polar surface area (TPSA) is 3.24 Å². The molecule has 1 nitrogen and oxygen atoms in total. The second-order valence-corrected chi connectivity index (χ2v) is 6.17. The normalized spacial score (nSPS) is 16.0. The van der Waals surface area contributed by atoms with Crippen molar-refractivity contribution >= 4 is 11.8 Å². The third kappa shape index (κ3) is 4.55. The molecule has 22 heavy (non-hydrogen) atoms. The van der Waals surface area contributed by atoms with Crippen LogP contribution in [0.1, 0.15) is 36.6 Å². The standard InChI is InChI=1S/C14H17F6NS/c1-8(21(3)9(2)22-4)10-5-11(13(15,16)17)7-12(6-10)14(18,19)20/h5-9H,1-4H3/t8-,9?/m0/s1. The van der Waals surface area contributed by atoms with Crippen molar-refractivity contribution in [1.82, 2.24) is 4.90 Å². The van der Waals surface area contributed by atoms with Crippen molar-refractivity contribution in [3.05, 3.63) is 34.9 Å². The van der Waals surface area contributed by atoms with E-state index < -0.39 is 29.5 Å². The lowest BCUT2D eigenvalue weighted by atomic mass is 9.99. The first-order valence-electron chi connectivity index (χ1n) is 6.42. The molecule has 1 aromatic carbocycles. The highest BCUT2D eigenvalue weighted by Crippen LogP contribution is 2.38. The largest absolute Gasteiger partial charge is 0.416 e. The van der Waals surface area contributed by atoms with Gasteiger partial charge in [0.15, 0.2) is 0 Å². The molecular weight excluding hydrogens is 328 g/mol. The summed E-state index contributed by atoms with van der Waals surface area (Å²) in [4.78, 5) is 1.72. The molecule has 2 atom stereocenters. The van der Waals surface area contributed by atoms with Gasteiger partial charge in [0, 0.05) is 6.04 Å². The molecule has 0 bridgehead atoms. The van der Waals surface area contributed by atoms with Gasteiger partial charge in [-0.1, -0.05) is 0 Å². The minimum Gasteiger partial charge on any atom is -0.288 e. The van der Waals surface area contributed by atoms with E-state index in [0.717, 1.165) is 12.1 Å². The second kappa shape index (κ2) is 6.70. The van der Waals surface area contributed by atoms with E-state index in [-0.39, 0.29) is 17.0 Å². The van der Waals surface area contributed by atoms with E-state index in [9.17, 15) is 26.3 Å². The quantitative estimate of drug-likeness (QED) is 0.529. The zero-order chi connectivity index (χ0) is 17.3. The van der Waals surface area contributed by atoms with Crippen molar-refractivity contribution in [2.75, 3.05) is 13.3 Å². The molecule has 1 aromatic rings. The first kappa shape index (κ1) is 19.2. The summed E-state index contributed by atoms with van der Waals surface area (Å²) in [5, 5.41) is -0.0427. The van der Waals surface area contributed by atoms with Crippen LogP contribution in [0.15, 0.2) is 18.2 Å². The Hall–Kier alpha value is -0.890. The van der Waals surface area contributed by atoms with Gasteiger partial charge in [0.2, 0.25) is 0 Å². The minimum atomic E-state index is -4.82. The Balaban J connectivity index is 3.35. The van der Waals surface area contributed by atoms with Crippen LogP contribution < -0.4 is 0 Å². The molecule has 126 valence electrons. The summed E-state index contributed by atoms with van der Waals surface area (Å²) in [5.41, 5.74) is -2.57. The molecule has 0 aromatic heterocycles. The Kier molecular flexibility index (Phi) is 5.83. The van der Waals surface area contributed by atoms with E-state index in [1.165, 1.54) is 11.8 Å². The maximum atomic E-state index is 12.8. The van der Waals surface area contributed by atoms with Gasteiger partial charge >= 0.3 is 12.4 Å². The summed E-state index contributed by atoms with van der Waals surface area (Å²) < 4.78 is 77.0. The third-order valence-electron chi connectivity index (χ3n) is 3.62. The van der Waals surface area contributed by atoms with Crippen molar-refractivity contribution < 1.29 is 26.3 Å². The Morgan fingerprint density at radius 3 is 1.64 bits per heavy atom. The van der Waals surface area contributed by atoms with Gasteiger partial charge in [-0.25, -0.2) is 0 Å². The lowest BCUT2D eigenvalue weighted by molar-refractivity contribution is -0.143. The summed E-state index contributed by atoms with van der Waals surface area (Å²) in [6, 6.07) is 1.13. The highest BCUT2D eigenvalue weighted by molar-refractivity contribution is 7.99. The highest BCUT2D eigenvalue weighted by Gasteiger charge is 2.37. The van der Waals surface area contributed by atoms with E-state index in [0.29, 0.717) is 0 Å². The Morgan fingerprint density at radius 2 is 1.32 bits per heavy atom. The van der Waals surface area contributed by atoms with E-state index in [2.05, 4.69) is 0 Å². The van der Waals surface area contributed by atoms with Crippen LogP contribution in [0.2, 0.25) is 0 Å². The maximum Gasteiger partial charge on any atom is 0.416 e. The first-order valence-corrected chi connectivity index (χ1v) is 7.70. The lowest BCUT2D eigenvalue weighted by Gasteiger charge is -2.30.